The van der Waals surface area contributed by atoms with Gasteiger partial charge in [0.2, 0.25) is 0 Å². The molecule has 3 heteroatoms. The number of fused-ring (bicyclic) bond motifs is 1. The average Bonchev–Trinajstić information content (AvgIpc) is 2.37. The second-order valence-electron chi connectivity index (χ2n) is 4.50. The van der Waals surface area contributed by atoms with Gasteiger partial charge < -0.3 is 9.64 Å². The molecule has 18 heavy (non-hydrogen) atoms. The maximum Gasteiger partial charge on any atom is 0.262 e. The molecule has 0 aliphatic heterocycles. The fourth-order valence-electron chi connectivity index (χ4n) is 1.86. The predicted molar refractivity (Wildman–Crippen MR) is 72.7 cm³/mol. The lowest BCUT2D eigenvalue weighted by atomic mass is 10.1. The molecule has 0 aliphatic carbocycles. The Bertz CT molecular complexity index is 563. The Morgan fingerprint density at radius 1 is 1.11 bits per heavy atom. The van der Waals surface area contributed by atoms with Crippen molar-refractivity contribution in [1.29, 1.82) is 0 Å². The van der Waals surface area contributed by atoms with Crippen molar-refractivity contribution in [2.24, 2.45) is 0 Å². The second kappa shape index (κ2) is 5.08. The van der Waals surface area contributed by atoms with Crippen LogP contribution in [0.4, 0.5) is 0 Å². The van der Waals surface area contributed by atoms with Crippen molar-refractivity contribution in [3.8, 4) is 5.75 Å². The van der Waals surface area contributed by atoms with Gasteiger partial charge in [0.25, 0.3) is 5.91 Å². The SMILES string of the molecule is C[C@@H](Oc1ccc2ccccc2c1)C(=O)N(C)C. The first-order valence-electron chi connectivity index (χ1n) is 5.94. The van der Waals surface area contributed by atoms with E-state index in [1.165, 1.54) is 4.90 Å². The van der Waals surface area contributed by atoms with E-state index in [-0.39, 0.29) is 5.91 Å². The Kier molecular flexibility index (Phi) is 3.51. The summed E-state index contributed by atoms with van der Waals surface area (Å²) in [5.74, 6) is 0.680. The molecule has 0 saturated heterocycles. The molecule has 2 aromatic rings. The molecule has 1 atom stereocenters. The highest BCUT2D eigenvalue weighted by molar-refractivity contribution is 5.84. The molecule has 0 fully saturated rings. The van der Waals surface area contributed by atoms with Crippen LogP contribution in [0.5, 0.6) is 5.75 Å². The van der Waals surface area contributed by atoms with E-state index in [9.17, 15) is 4.79 Å². The third-order valence-corrected chi connectivity index (χ3v) is 2.82. The van der Waals surface area contributed by atoms with E-state index in [0.717, 1.165) is 16.5 Å². The minimum atomic E-state index is -0.471. The molecule has 94 valence electrons. The van der Waals surface area contributed by atoms with Crippen LogP contribution in [0.15, 0.2) is 42.5 Å². The standard InChI is InChI=1S/C15H17NO2/c1-11(15(17)16(2)3)18-14-9-8-12-6-4-5-7-13(12)10-14/h4-11H,1-3H3/t11-/m1/s1. The first-order valence-corrected chi connectivity index (χ1v) is 5.94. The van der Waals surface area contributed by atoms with Gasteiger partial charge in [0.1, 0.15) is 5.75 Å². The Balaban J connectivity index is 2.19. The van der Waals surface area contributed by atoms with Crippen LogP contribution < -0.4 is 4.74 Å². The number of carbonyl (C=O) groups excluding carboxylic acids is 1. The van der Waals surface area contributed by atoms with Gasteiger partial charge in [-0.2, -0.15) is 0 Å². The Morgan fingerprint density at radius 2 is 1.78 bits per heavy atom. The largest absolute Gasteiger partial charge is 0.481 e. The molecule has 0 aromatic heterocycles. The topological polar surface area (TPSA) is 29.5 Å². The molecule has 1 amide bonds. The van der Waals surface area contributed by atoms with Crippen molar-refractivity contribution in [3.63, 3.8) is 0 Å². The summed E-state index contributed by atoms with van der Waals surface area (Å²) in [6.07, 6.45) is -0.471. The first kappa shape index (κ1) is 12.4. The molecule has 0 aliphatic rings. The molecule has 0 saturated carbocycles. The van der Waals surface area contributed by atoms with Crippen LogP contribution in [-0.4, -0.2) is 31.0 Å². The van der Waals surface area contributed by atoms with Crippen molar-refractivity contribution < 1.29 is 9.53 Å². The summed E-state index contributed by atoms with van der Waals surface area (Å²) < 4.78 is 5.65. The molecule has 2 aromatic carbocycles. The van der Waals surface area contributed by atoms with Crippen molar-refractivity contribution in [2.75, 3.05) is 14.1 Å². The summed E-state index contributed by atoms with van der Waals surface area (Å²) in [6, 6.07) is 13.9. The number of hydrogen-bond donors (Lipinski definition) is 0. The van der Waals surface area contributed by atoms with Crippen molar-refractivity contribution in [2.45, 2.75) is 13.0 Å². The highest BCUT2D eigenvalue weighted by Gasteiger charge is 2.16. The van der Waals surface area contributed by atoms with E-state index < -0.39 is 6.10 Å². The number of carbonyl (C=O) groups is 1. The van der Waals surface area contributed by atoms with Crippen LogP contribution in [0.25, 0.3) is 10.8 Å². The van der Waals surface area contributed by atoms with Crippen LogP contribution >= 0.6 is 0 Å². The van der Waals surface area contributed by atoms with Gasteiger partial charge in [-0.25, -0.2) is 0 Å². The molecule has 0 bridgehead atoms. The number of likely N-dealkylation sites (N-methyl/N-ethyl adjacent to an activating group) is 1. The fraction of sp³-hybridized carbons (Fsp3) is 0.267. The molecule has 0 heterocycles. The van der Waals surface area contributed by atoms with Crippen molar-refractivity contribution in [3.05, 3.63) is 42.5 Å². The maximum absolute atomic E-state index is 11.7. The molecule has 2 rings (SSSR count). The zero-order chi connectivity index (χ0) is 13.1. The molecule has 0 radical (unpaired) electrons. The maximum atomic E-state index is 11.7. The van der Waals surface area contributed by atoms with Gasteiger partial charge in [-0.05, 0) is 29.8 Å². The lowest BCUT2D eigenvalue weighted by molar-refractivity contribution is -0.135. The predicted octanol–water partition coefficient (Wildman–Crippen LogP) is 2.70. The van der Waals surface area contributed by atoms with Gasteiger partial charge in [0.15, 0.2) is 6.10 Å². The highest BCUT2D eigenvalue weighted by atomic mass is 16.5. The van der Waals surface area contributed by atoms with E-state index in [1.54, 1.807) is 21.0 Å². The second-order valence-corrected chi connectivity index (χ2v) is 4.50. The van der Waals surface area contributed by atoms with Crippen LogP contribution in [0, 0.1) is 0 Å². The van der Waals surface area contributed by atoms with E-state index in [2.05, 4.69) is 0 Å². The number of rotatable bonds is 3. The van der Waals surface area contributed by atoms with Gasteiger partial charge in [-0.1, -0.05) is 30.3 Å². The van der Waals surface area contributed by atoms with Crippen LogP contribution in [0.2, 0.25) is 0 Å². The van der Waals surface area contributed by atoms with Crippen LogP contribution in [0.1, 0.15) is 6.92 Å². The number of ether oxygens (including phenoxy) is 1. The number of benzene rings is 2. The number of hydrogen-bond acceptors (Lipinski definition) is 2. The fourth-order valence-corrected chi connectivity index (χ4v) is 1.86. The Morgan fingerprint density at radius 3 is 2.44 bits per heavy atom. The molecular formula is C15H17NO2. The lowest BCUT2D eigenvalue weighted by Crippen LogP contribution is -2.35. The van der Waals surface area contributed by atoms with Crippen molar-refractivity contribution in [1.82, 2.24) is 4.90 Å². The third kappa shape index (κ3) is 2.62. The van der Waals surface area contributed by atoms with Gasteiger partial charge >= 0.3 is 0 Å². The van der Waals surface area contributed by atoms with Crippen LogP contribution in [-0.2, 0) is 4.79 Å². The minimum Gasteiger partial charge on any atom is -0.481 e. The molecule has 0 N–H and O–H groups in total. The molecule has 3 nitrogen and oxygen atoms in total. The zero-order valence-corrected chi connectivity index (χ0v) is 10.9. The summed E-state index contributed by atoms with van der Waals surface area (Å²) in [5.41, 5.74) is 0. The summed E-state index contributed by atoms with van der Waals surface area (Å²) in [7, 11) is 3.45. The third-order valence-electron chi connectivity index (χ3n) is 2.82. The van der Waals surface area contributed by atoms with E-state index >= 15 is 0 Å². The van der Waals surface area contributed by atoms with E-state index in [4.69, 9.17) is 4.74 Å². The highest BCUT2D eigenvalue weighted by Crippen LogP contribution is 2.21. The first-order chi connectivity index (χ1) is 8.58. The quantitative estimate of drug-likeness (QED) is 0.829. The molecule has 0 unspecified atom stereocenters. The van der Waals surface area contributed by atoms with Crippen molar-refractivity contribution >= 4 is 16.7 Å². The van der Waals surface area contributed by atoms with E-state index in [0.29, 0.717) is 0 Å². The van der Waals surface area contributed by atoms with Gasteiger partial charge in [-0.15, -0.1) is 0 Å². The molecule has 0 spiro atoms. The van der Waals surface area contributed by atoms with Gasteiger partial charge in [0, 0.05) is 14.1 Å². The van der Waals surface area contributed by atoms with E-state index in [1.807, 2.05) is 42.5 Å². The Labute approximate surface area is 107 Å². The summed E-state index contributed by atoms with van der Waals surface area (Å²) in [6.45, 7) is 1.76. The lowest BCUT2D eigenvalue weighted by Gasteiger charge is -2.18. The van der Waals surface area contributed by atoms with Gasteiger partial charge in [0.05, 0.1) is 0 Å². The minimum absolute atomic E-state index is 0.0387. The zero-order valence-electron chi connectivity index (χ0n) is 10.9. The molecular weight excluding hydrogens is 226 g/mol. The monoisotopic (exact) mass is 243 g/mol. The summed E-state index contributed by atoms with van der Waals surface area (Å²) in [5, 5.41) is 2.27. The van der Waals surface area contributed by atoms with Gasteiger partial charge in [-0.3, -0.25) is 4.79 Å². The summed E-state index contributed by atoms with van der Waals surface area (Å²) in [4.78, 5) is 13.2. The number of amides is 1. The smallest absolute Gasteiger partial charge is 0.262 e. The average molecular weight is 243 g/mol. The van der Waals surface area contributed by atoms with Crippen LogP contribution in [0.3, 0.4) is 0 Å². The normalized spacial score (nSPS) is 12.2. The number of nitrogens with zero attached hydrogens (tertiary/aromatic N) is 1. The Hall–Kier alpha value is -2.03. The summed E-state index contributed by atoms with van der Waals surface area (Å²) >= 11 is 0.